The Hall–Kier alpha value is -2.01. The second kappa shape index (κ2) is 6.62. The largest absolute Gasteiger partial charge is 0.365 e. The number of aromatic nitrogens is 3. The van der Waals surface area contributed by atoms with Crippen LogP contribution in [0.15, 0.2) is 30.5 Å². The van der Waals surface area contributed by atoms with Crippen molar-refractivity contribution in [2.24, 2.45) is 0 Å². The standard InChI is InChI=1S/C21H28N4O/c1-4-16-13-18(24-19(23-16)17-9-5-8-12-22-17)25-14-20(2,3)26-21(15-25)10-6-7-11-21/h5,8-9,12-13H,4,6-7,10-11,14-15H2,1-3H3. The maximum atomic E-state index is 6.55. The molecular formula is C21H28N4O. The number of ether oxygens (including phenoxy) is 1. The molecule has 4 rings (SSSR count). The molecule has 1 spiro atoms. The fraction of sp³-hybridized carbons (Fsp3) is 0.571. The molecule has 138 valence electrons. The van der Waals surface area contributed by atoms with Crippen molar-refractivity contribution in [3.63, 3.8) is 0 Å². The van der Waals surface area contributed by atoms with Gasteiger partial charge in [0.15, 0.2) is 5.82 Å². The summed E-state index contributed by atoms with van der Waals surface area (Å²) in [4.78, 5) is 16.4. The van der Waals surface area contributed by atoms with Crippen molar-refractivity contribution >= 4 is 5.82 Å². The lowest BCUT2D eigenvalue weighted by molar-refractivity contribution is -0.148. The zero-order valence-corrected chi connectivity index (χ0v) is 16.0. The van der Waals surface area contributed by atoms with Gasteiger partial charge < -0.3 is 9.64 Å². The minimum absolute atomic E-state index is 0.0236. The third-order valence-corrected chi connectivity index (χ3v) is 5.40. The molecule has 0 unspecified atom stereocenters. The fourth-order valence-corrected chi connectivity index (χ4v) is 4.39. The number of hydrogen-bond donors (Lipinski definition) is 0. The summed E-state index contributed by atoms with van der Waals surface area (Å²) in [5, 5.41) is 0. The van der Waals surface area contributed by atoms with E-state index in [9.17, 15) is 0 Å². The molecule has 1 saturated heterocycles. The van der Waals surface area contributed by atoms with Crippen LogP contribution >= 0.6 is 0 Å². The molecule has 0 atom stereocenters. The van der Waals surface area contributed by atoms with Gasteiger partial charge in [-0.05, 0) is 45.2 Å². The molecule has 1 saturated carbocycles. The molecule has 1 aliphatic carbocycles. The van der Waals surface area contributed by atoms with Crippen LogP contribution in [-0.4, -0.2) is 39.2 Å². The van der Waals surface area contributed by atoms with E-state index in [0.29, 0.717) is 5.82 Å². The molecule has 2 aromatic rings. The van der Waals surface area contributed by atoms with Crippen LogP contribution in [0, 0.1) is 0 Å². The highest BCUT2D eigenvalue weighted by molar-refractivity contribution is 5.54. The number of morpholine rings is 1. The van der Waals surface area contributed by atoms with Crippen LogP contribution in [0.5, 0.6) is 0 Å². The van der Waals surface area contributed by atoms with Gasteiger partial charge in [0, 0.05) is 31.0 Å². The Labute approximate surface area is 155 Å². The normalized spacial score (nSPS) is 21.3. The third kappa shape index (κ3) is 3.45. The molecule has 3 heterocycles. The lowest BCUT2D eigenvalue weighted by Gasteiger charge is -2.49. The van der Waals surface area contributed by atoms with Crippen molar-refractivity contribution in [1.82, 2.24) is 15.0 Å². The topological polar surface area (TPSA) is 51.1 Å². The van der Waals surface area contributed by atoms with Gasteiger partial charge >= 0.3 is 0 Å². The SMILES string of the molecule is CCc1cc(N2CC(C)(C)OC3(CCCC3)C2)nc(-c2ccccn2)n1. The van der Waals surface area contributed by atoms with Gasteiger partial charge in [-0.3, -0.25) is 4.98 Å². The Morgan fingerprint density at radius 3 is 2.62 bits per heavy atom. The number of hydrogen-bond acceptors (Lipinski definition) is 5. The summed E-state index contributed by atoms with van der Waals surface area (Å²) in [7, 11) is 0. The molecule has 5 nitrogen and oxygen atoms in total. The number of nitrogens with zero attached hydrogens (tertiary/aromatic N) is 4. The Morgan fingerprint density at radius 2 is 1.92 bits per heavy atom. The summed E-state index contributed by atoms with van der Waals surface area (Å²) in [6, 6.07) is 8.01. The summed E-state index contributed by atoms with van der Waals surface area (Å²) >= 11 is 0. The lowest BCUT2D eigenvalue weighted by atomic mass is 9.94. The zero-order chi connectivity index (χ0) is 18.2. The van der Waals surface area contributed by atoms with Crippen molar-refractivity contribution in [2.75, 3.05) is 18.0 Å². The second-order valence-corrected chi connectivity index (χ2v) is 8.22. The molecule has 0 radical (unpaired) electrons. The maximum absolute atomic E-state index is 6.55. The molecule has 26 heavy (non-hydrogen) atoms. The fourth-order valence-electron chi connectivity index (χ4n) is 4.39. The van der Waals surface area contributed by atoms with Crippen molar-refractivity contribution in [3.8, 4) is 11.5 Å². The Kier molecular flexibility index (Phi) is 4.43. The van der Waals surface area contributed by atoms with Crippen LogP contribution in [0.25, 0.3) is 11.5 Å². The van der Waals surface area contributed by atoms with E-state index in [1.54, 1.807) is 6.20 Å². The predicted molar refractivity (Wildman–Crippen MR) is 103 cm³/mol. The van der Waals surface area contributed by atoms with Crippen LogP contribution in [0.4, 0.5) is 5.82 Å². The monoisotopic (exact) mass is 352 g/mol. The first-order valence-corrected chi connectivity index (χ1v) is 9.73. The molecular weight excluding hydrogens is 324 g/mol. The van der Waals surface area contributed by atoms with Gasteiger partial charge in [0.2, 0.25) is 0 Å². The van der Waals surface area contributed by atoms with E-state index >= 15 is 0 Å². The Bertz CT molecular complexity index is 769. The molecule has 2 aromatic heterocycles. The van der Waals surface area contributed by atoms with E-state index in [1.165, 1.54) is 12.8 Å². The Morgan fingerprint density at radius 1 is 1.12 bits per heavy atom. The van der Waals surface area contributed by atoms with Gasteiger partial charge in [0.25, 0.3) is 0 Å². The average Bonchev–Trinajstić information content (AvgIpc) is 3.07. The molecule has 0 aromatic carbocycles. The van der Waals surface area contributed by atoms with Gasteiger partial charge in [-0.15, -0.1) is 0 Å². The van der Waals surface area contributed by atoms with Gasteiger partial charge in [0.1, 0.15) is 11.5 Å². The van der Waals surface area contributed by atoms with Crippen molar-refractivity contribution in [2.45, 2.75) is 64.1 Å². The van der Waals surface area contributed by atoms with Crippen molar-refractivity contribution in [3.05, 3.63) is 36.2 Å². The molecule has 0 N–H and O–H groups in total. The molecule has 0 amide bonds. The highest BCUT2D eigenvalue weighted by Crippen LogP contribution is 2.41. The lowest BCUT2D eigenvalue weighted by Crippen LogP contribution is -2.59. The van der Waals surface area contributed by atoms with E-state index in [0.717, 1.165) is 49.6 Å². The first kappa shape index (κ1) is 17.4. The molecule has 1 aliphatic heterocycles. The van der Waals surface area contributed by atoms with E-state index < -0.39 is 0 Å². The zero-order valence-electron chi connectivity index (χ0n) is 16.0. The predicted octanol–water partition coefficient (Wildman–Crippen LogP) is 4.03. The number of anilines is 1. The van der Waals surface area contributed by atoms with E-state index in [4.69, 9.17) is 14.7 Å². The average molecular weight is 352 g/mol. The Balaban J connectivity index is 1.72. The quantitative estimate of drug-likeness (QED) is 0.835. The highest BCUT2D eigenvalue weighted by atomic mass is 16.5. The number of aryl methyl sites for hydroxylation is 1. The van der Waals surface area contributed by atoms with Crippen LogP contribution in [0.2, 0.25) is 0 Å². The van der Waals surface area contributed by atoms with Gasteiger partial charge in [-0.25, -0.2) is 9.97 Å². The third-order valence-electron chi connectivity index (χ3n) is 5.40. The highest BCUT2D eigenvalue weighted by Gasteiger charge is 2.46. The number of rotatable bonds is 3. The second-order valence-electron chi connectivity index (χ2n) is 8.22. The van der Waals surface area contributed by atoms with Gasteiger partial charge in [0.05, 0.1) is 11.2 Å². The smallest absolute Gasteiger partial charge is 0.180 e. The van der Waals surface area contributed by atoms with E-state index in [2.05, 4.69) is 36.7 Å². The van der Waals surface area contributed by atoms with Crippen LogP contribution in [0.1, 0.15) is 52.1 Å². The summed E-state index contributed by atoms with van der Waals surface area (Å²) in [6.07, 6.45) is 7.48. The first-order chi connectivity index (χ1) is 12.5. The molecule has 2 aliphatic rings. The van der Waals surface area contributed by atoms with Crippen molar-refractivity contribution in [1.29, 1.82) is 0 Å². The summed E-state index contributed by atoms with van der Waals surface area (Å²) in [5.74, 6) is 1.71. The summed E-state index contributed by atoms with van der Waals surface area (Å²) in [6.45, 7) is 8.28. The van der Waals surface area contributed by atoms with Crippen LogP contribution in [0.3, 0.4) is 0 Å². The van der Waals surface area contributed by atoms with E-state index in [1.807, 2.05) is 18.2 Å². The minimum Gasteiger partial charge on any atom is -0.365 e. The molecule has 0 bridgehead atoms. The molecule has 2 fully saturated rings. The molecule has 5 heteroatoms. The maximum Gasteiger partial charge on any atom is 0.180 e. The van der Waals surface area contributed by atoms with Gasteiger partial charge in [-0.1, -0.05) is 25.8 Å². The number of pyridine rings is 1. The summed E-state index contributed by atoms with van der Waals surface area (Å²) < 4.78 is 6.55. The van der Waals surface area contributed by atoms with Crippen LogP contribution < -0.4 is 4.90 Å². The minimum atomic E-state index is -0.176. The van der Waals surface area contributed by atoms with Crippen molar-refractivity contribution < 1.29 is 4.74 Å². The van der Waals surface area contributed by atoms with E-state index in [-0.39, 0.29) is 11.2 Å². The van der Waals surface area contributed by atoms with Gasteiger partial charge in [-0.2, -0.15) is 0 Å². The summed E-state index contributed by atoms with van der Waals surface area (Å²) in [5.41, 5.74) is 1.68. The van der Waals surface area contributed by atoms with Crippen LogP contribution in [-0.2, 0) is 11.2 Å². The first-order valence-electron chi connectivity index (χ1n) is 9.73.